The number of ether oxygens (including phenoxy) is 5. The zero-order valence-electron chi connectivity index (χ0n) is 17.0. The van der Waals surface area contributed by atoms with Crippen LogP contribution in [0.3, 0.4) is 0 Å². The molecule has 10 heteroatoms. The molecule has 30 heavy (non-hydrogen) atoms. The highest BCUT2D eigenvalue weighted by Gasteiger charge is 2.52. The predicted octanol–water partition coefficient (Wildman–Crippen LogP) is 2.25. The van der Waals surface area contributed by atoms with Crippen LogP contribution in [-0.2, 0) is 42.9 Å². The van der Waals surface area contributed by atoms with Crippen LogP contribution >= 0.6 is 15.9 Å². The summed E-state index contributed by atoms with van der Waals surface area (Å²) in [7, 11) is 0. The molecule has 3 unspecified atom stereocenters. The summed E-state index contributed by atoms with van der Waals surface area (Å²) in [6.07, 6.45) is -5.30. The van der Waals surface area contributed by atoms with Gasteiger partial charge in [0.2, 0.25) is 0 Å². The molecule has 0 radical (unpaired) electrons. The number of esters is 4. The monoisotopic (exact) mass is 486 g/mol. The third-order valence-electron chi connectivity index (χ3n) is 4.19. The molecule has 164 valence electrons. The summed E-state index contributed by atoms with van der Waals surface area (Å²) >= 11 is 3.35. The van der Waals surface area contributed by atoms with Crippen molar-refractivity contribution >= 4 is 39.8 Å². The fourth-order valence-corrected chi connectivity index (χ4v) is 3.41. The number of hydrogen-bond donors (Lipinski definition) is 0. The Labute approximate surface area is 182 Å². The Morgan fingerprint density at radius 3 is 1.80 bits per heavy atom. The molecule has 1 fully saturated rings. The summed E-state index contributed by atoms with van der Waals surface area (Å²) in [4.78, 5) is 46.6. The third-order valence-corrected chi connectivity index (χ3v) is 4.72. The Bertz CT molecular complexity index is 792. The van der Waals surface area contributed by atoms with Crippen LogP contribution in [0.25, 0.3) is 0 Å². The first-order valence-corrected chi connectivity index (χ1v) is 9.93. The lowest BCUT2D eigenvalue weighted by Gasteiger charge is -2.44. The Balaban J connectivity index is 2.51. The average Bonchev–Trinajstić information content (AvgIpc) is 2.63. The van der Waals surface area contributed by atoms with Crippen molar-refractivity contribution in [2.24, 2.45) is 0 Å². The van der Waals surface area contributed by atoms with E-state index in [1.807, 2.05) is 0 Å². The van der Waals surface area contributed by atoms with Gasteiger partial charge in [0.05, 0.1) is 0 Å². The van der Waals surface area contributed by atoms with E-state index in [1.165, 1.54) is 27.7 Å². The molecule has 1 aliphatic heterocycles. The molecule has 5 atom stereocenters. The second-order valence-electron chi connectivity index (χ2n) is 6.67. The minimum Gasteiger partial charge on any atom is -0.463 e. The van der Waals surface area contributed by atoms with Gasteiger partial charge in [0.1, 0.15) is 18.8 Å². The Morgan fingerprint density at radius 1 is 0.800 bits per heavy atom. The van der Waals surface area contributed by atoms with Crippen molar-refractivity contribution in [1.29, 1.82) is 0 Å². The van der Waals surface area contributed by atoms with E-state index in [1.54, 1.807) is 24.3 Å². The van der Waals surface area contributed by atoms with Crippen molar-refractivity contribution in [3.8, 4) is 0 Å². The van der Waals surface area contributed by atoms with Crippen molar-refractivity contribution in [2.75, 3.05) is 6.61 Å². The smallest absolute Gasteiger partial charge is 0.303 e. The van der Waals surface area contributed by atoms with Gasteiger partial charge in [0.25, 0.3) is 0 Å². The van der Waals surface area contributed by atoms with Gasteiger partial charge in [-0.1, -0.05) is 28.1 Å². The first-order chi connectivity index (χ1) is 14.1. The van der Waals surface area contributed by atoms with Gasteiger partial charge in [-0.2, -0.15) is 0 Å². The van der Waals surface area contributed by atoms with Gasteiger partial charge in [-0.05, 0) is 17.7 Å². The van der Waals surface area contributed by atoms with Crippen LogP contribution in [-0.4, -0.2) is 54.9 Å². The van der Waals surface area contributed by atoms with Crippen LogP contribution in [0.2, 0.25) is 0 Å². The molecule has 1 saturated heterocycles. The van der Waals surface area contributed by atoms with Gasteiger partial charge < -0.3 is 23.7 Å². The van der Waals surface area contributed by atoms with Crippen molar-refractivity contribution in [2.45, 2.75) is 58.2 Å². The van der Waals surface area contributed by atoms with E-state index >= 15 is 0 Å². The molecule has 1 aromatic carbocycles. The van der Waals surface area contributed by atoms with Crippen LogP contribution in [0.15, 0.2) is 28.7 Å². The molecular weight excluding hydrogens is 464 g/mol. The lowest BCUT2D eigenvalue weighted by Crippen LogP contribution is -2.59. The maximum atomic E-state index is 11.8. The highest BCUT2D eigenvalue weighted by atomic mass is 79.9. The van der Waals surface area contributed by atoms with Gasteiger partial charge >= 0.3 is 23.9 Å². The number of rotatable bonds is 6. The second-order valence-corrected chi connectivity index (χ2v) is 7.59. The highest BCUT2D eigenvalue weighted by molar-refractivity contribution is 9.10. The minimum atomic E-state index is -1.18. The molecule has 0 aliphatic carbocycles. The number of carbonyl (C=O) groups is 4. The Morgan fingerprint density at radius 2 is 1.30 bits per heavy atom. The lowest BCUT2D eigenvalue weighted by atomic mass is 9.90. The number of hydrogen-bond acceptors (Lipinski definition) is 9. The molecule has 1 aliphatic rings. The molecule has 1 aromatic rings. The zero-order valence-corrected chi connectivity index (χ0v) is 18.5. The van der Waals surface area contributed by atoms with Gasteiger partial charge in [0, 0.05) is 32.2 Å². The van der Waals surface area contributed by atoms with Crippen molar-refractivity contribution in [3.05, 3.63) is 34.3 Å². The van der Waals surface area contributed by atoms with E-state index < -0.39 is 54.4 Å². The minimum absolute atomic E-state index is 0.259. The van der Waals surface area contributed by atoms with Crippen molar-refractivity contribution < 1.29 is 42.9 Å². The first kappa shape index (κ1) is 23.8. The molecule has 0 bridgehead atoms. The third kappa shape index (κ3) is 6.53. The Hall–Kier alpha value is -2.46. The highest BCUT2D eigenvalue weighted by Crippen LogP contribution is 2.38. The summed E-state index contributed by atoms with van der Waals surface area (Å²) in [6.45, 7) is 4.53. The van der Waals surface area contributed by atoms with Crippen LogP contribution in [0.1, 0.15) is 39.4 Å². The summed E-state index contributed by atoms with van der Waals surface area (Å²) in [5.74, 6) is -2.54. The maximum Gasteiger partial charge on any atom is 0.303 e. The summed E-state index contributed by atoms with van der Waals surface area (Å²) in [5, 5.41) is 0. The fourth-order valence-electron chi connectivity index (χ4n) is 3.15. The van der Waals surface area contributed by atoms with E-state index in [9.17, 15) is 19.2 Å². The van der Waals surface area contributed by atoms with E-state index in [4.69, 9.17) is 23.7 Å². The van der Waals surface area contributed by atoms with Gasteiger partial charge in [-0.15, -0.1) is 0 Å². The van der Waals surface area contributed by atoms with Crippen LogP contribution in [0.5, 0.6) is 0 Å². The maximum absolute atomic E-state index is 11.8. The second kappa shape index (κ2) is 10.5. The Kier molecular flexibility index (Phi) is 8.36. The molecular formula is C20H23BrO9. The predicted molar refractivity (Wildman–Crippen MR) is 105 cm³/mol. The average molecular weight is 487 g/mol. The molecule has 0 aromatic heterocycles. The van der Waals surface area contributed by atoms with Crippen molar-refractivity contribution in [3.63, 3.8) is 0 Å². The van der Waals surface area contributed by atoms with Gasteiger partial charge in [-0.3, -0.25) is 19.2 Å². The van der Waals surface area contributed by atoms with Crippen LogP contribution in [0.4, 0.5) is 0 Å². The zero-order chi connectivity index (χ0) is 22.4. The first-order valence-electron chi connectivity index (χ1n) is 9.14. The number of halogens is 1. The van der Waals surface area contributed by atoms with Crippen LogP contribution in [0, 0.1) is 0 Å². The summed E-state index contributed by atoms with van der Waals surface area (Å²) in [6, 6.07) is 7.02. The molecule has 0 saturated carbocycles. The fraction of sp³-hybridized carbons (Fsp3) is 0.500. The van der Waals surface area contributed by atoms with Crippen molar-refractivity contribution in [1.82, 2.24) is 0 Å². The molecule has 0 spiro atoms. The number of carbonyl (C=O) groups excluding carboxylic acids is 4. The van der Waals surface area contributed by atoms with E-state index in [0.717, 1.165) is 4.47 Å². The largest absolute Gasteiger partial charge is 0.463 e. The van der Waals surface area contributed by atoms with Gasteiger partial charge in [0.15, 0.2) is 18.3 Å². The molecule has 1 heterocycles. The molecule has 0 N–H and O–H groups in total. The lowest BCUT2D eigenvalue weighted by molar-refractivity contribution is -0.254. The molecule has 0 amide bonds. The number of benzene rings is 1. The van der Waals surface area contributed by atoms with E-state index in [0.29, 0.717) is 5.56 Å². The topological polar surface area (TPSA) is 114 Å². The molecule has 2 rings (SSSR count). The van der Waals surface area contributed by atoms with E-state index in [-0.39, 0.29) is 6.61 Å². The summed E-state index contributed by atoms with van der Waals surface area (Å²) in [5.41, 5.74) is 0.621. The van der Waals surface area contributed by atoms with E-state index in [2.05, 4.69) is 15.9 Å². The normalized spacial score (nSPS) is 25.7. The molecule has 9 nitrogen and oxygen atoms in total. The SMILES string of the molecule is CC(=O)OCC1O[C@@H](c2ccc(Br)cc2)C(OC(C)=O)C(OC(C)=O)[C@@H]1OC(C)=O. The van der Waals surface area contributed by atoms with Gasteiger partial charge in [-0.25, -0.2) is 0 Å². The summed E-state index contributed by atoms with van der Waals surface area (Å²) < 4.78 is 28.1. The standard InChI is InChI=1S/C20H23BrO9/c1-10(22)26-9-16-18(27-11(2)23)20(29-13(4)25)19(28-12(3)24)17(30-16)14-5-7-15(21)8-6-14/h5-8,16-20H,9H2,1-4H3/t16?,17-,18+,19?,20?/m0/s1. The quantitative estimate of drug-likeness (QED) is 0.440. The van der Waals surface area contributed by atoms with Crippen LogP contribution < -0.4 is 0 Å².